The smallest absolute Gasteiger partial charge is 0.166 e. The number of ether oxygens (including phenoxy) is 1. The van der Waals surface area contributed by atoms with Gasteiger partial charge in [-0.3, -0.25) is 4.79 Å². The first-order valence-corrected chi connectivity index (χ1v) is 7.29. The third-order valence-electron chi connectivity index (χ3n) is 3.66. The molecule has 0 saturated heterocycles. The SMILES string of the molecule is CCC(=O)c1ccccc1OCCNC1CCCC1. The average Bonchev–Trinajstić information content (AvgIpc) is 2.96. The minimum absolute atomic E-state index is 0.138. The number of Topliss-reactive ketones (excluding diaryl/α,β-unsaturated/α-hetero) is 1. The fourth-order valence-corrected chi connectivity index (χ4v) is 2.57. The molecule has 1 saturated carbocycles. The fraction of sp³-hybridized carbons (Fsp3) is 0.562. The highest BCUT2D eigenvalue weighted by Gasteiger charge is 2.14. The molecule has 0 amide bonds. The zero-order valence-corrected chi connectivity index (χ0v) is 11.7. The average molecular weight is 261 g/mol. The van der Waals surface area contributed by atoms with Crippen molar-refractivity contribution < 1.29 is 9.53 Å². The van der Waals surface area contributed by atoms with Crippen LogP contribution >= 0.6 is 0 Å². The van der Waals surface area contributed by atoms with Crippen molar-refractivity contribution in [2.75, 3.05) is 13.2 Å². The molecule has 1 aliphatic rings. The summed E-state index contributed by atoms with van der Waals surface area (Å²) in [6.07, 6.45) is 5.76. The predicted octanol–water partition coefficient (Wildman–Crippen LogP) is 3.19. The standard InChI is InChI=1S/C16H23NO2/c1-2-15(18)14-9-5-6-10-16(14)19-12-11-17-13-7-3-4-8-13/h5-6,9-10,13,17H,2-4,7-8,11-12H2,1H3. The van der Waals surface area contributed by atoms with Crippen molar-refractivity contribution in [1.29, 1.82) is 0 Å². The van der Waals surface area contributed by atoms with Gasteiger partial charge < -0.3 is 10.1 Å². The van der Waals surface area contributed by atoms with Gasteiger partial charge in [0.25, 0.3) is 0 Å². The number of para-hydroxylation sites is 1. The van der Waals surface area contributed by atoms with E-state index in [9.17, 15) is 4.79 Å². The van der Waals surface area contributed by atoms with Gasteiger partial charge in [-0.25, -0.2) is 0 Å². The van der Waals surface area contributed by atoms with Gasteiger partial charge in [-0.2, -0.15) is 0 Å². The Kier molecular flexibility index (Phi) is 5.40. The van der Waals surface area contributed by atoms with Crippen LogP contribution in [0.4, 0.5) is 0 Å². The van der Waals surface area contributed by atoms with E-state index in [0.717, 1.165) is 6.54 Å². The predicted molar refractivity (Wildman–Crippen MR) is 76.8 cm³/mol. The van der Waals surface area contributed by atoms with Crippen LogP contribution in [0.3, 0.4) is 0 Å². The first-order chi connectivity index (χ1) is 9.31. The van der Waals surface area contributed by atoms with E-state index >= 15 is 0 Å². The van der Waals surface area contributed by atoms with Crippen molar-refractivity contribution in [2.24, 2.45) is 0 Å². The lowest BCUT2D eigenvalue weighted by Gasteiger charge is -2.13. The van der Waals surface area contributed by atoms with Crippen LogP contribution in [-0.2, 0) is 0 Å². The van der Waals surface area contributed by atoms with Crippen molar-refractivity contribution in [3.8, 4) is 5.75 Å². The van der Waals surface area contributed by atoms with E-state index in [1.807, 2.05) is 31.2 Å². The molecule has 0 unspecified atom stereocenters. The van der Waals surface area contributed by atoms with Crippen LogP contribution in [0.25, 0.3) is 0 Å². The van der Waals surface area contributed by atoms with Gasteiger partial charge in [-0.15, -0.1) is 0 Å². The van der Waals surface area contributed by atoms with Crippen molar-refractivity contribution >= 4 is 5.78 Å². The molecule has 0 heterocycles. The Balaban J connectivity index is 1.80. The summed E-state index contributed by atoms with van der Waals surface area (Å²) >= 11 is 0. The van der Waals surface area contributed by atoms with Gasteiger partial charge >= 0.3 is 0 Å². The summed E-state index contributed by atoms with van der Waals surface area (Å²) in [7, 11) is 0. The second-order valence-electron chi connectivity index (χ2n) is 5.06. The zero-order valence-electron chi connectivity index (χ0n) is 11.7. The first-order valence-electron chi connectivity index (χ1n) is 7.29. The lowest BCUT2D eigenvalue weighted by Crippen LogP contribution is -2.30. The van der Waals surface area contributed by atoms with E-state index in [2.05, 4.69) is 5.32 Å². The van der Waals surface area contributed by atoms with E-state index in [0.29, 0.717) is 30.4 Å². The molecule has 104 valence electrons. The van der Waals surface area contributed by atoms with Gasteiger partial charge in [-0.05, 0) is 25.0 Å². The minimum Gasteiger partial charge on any atom is -0.492 e. The molecule has 0 spiro atoms. The summed E-state index contributed by atoms with van der Waals surface area (Å²) in [5, 5.41) is 3.50. The molecule has 0 atom stereocenters. The Labute approximate surface area is 115 Å². The van der Waals surface area contributed by atoms with Crippen LogP contribution in [0.2, 0.25) is 0 Å². The Morgan fingerprint density at radius 2 is 2.05 bits per heavy atom. The third kappa shape index (κ3) is 4.06. The number of hydrogen-bond acceptors (Lipinski definition) is 3. The second kappa shape index (κ2) is 7.29. The highest BCUT2D eigenvalue weighted by atomic mass is 16.5. The molecule has 3 heteroatoms. The fourth-order valence-electron chi connectivity index (χ4n) is 2.57. The van der Waals surface area contributed by atoms with Crippen molar-refractivity contribution in [3.05, 3.63) is 29.8 Å². The molecular formula is C16H23NO2. The summed E-state index contributed by atoms with van der Waals surface area (Å²) < 4.78 is 5.74. The normalized spacial score (nSPS) is 15.6. The zero-order chi connectivity index (χ0) is 13.5. The molecule has 0 aromatic heterocycles. The van der Waals surface area contributed by atoms with Gasteiger partial charge in [0.05, 0.1) is 5.56 Å². The molecule has 1 N–H and O–H groups in total. The van der Waals surface area contributed by atoms with E-state index in [4.69, 9.17) is 4.74 Å². The maximum absolute atomic E-state index is 11.8. The van der Waals surface area contributed by atoms with Gasteiger partial charge in [0.2, 0.25) is 0 Å². The lowest BCUT2D eigenvalue weighted by molar-refractivity contribution is 0.0984. The molecule has 1 fully saturated rings. The number of carbonyl (C=O) groups excluding carboxylic acids is 1. The monoisotopic (exact) mass is 261 g/mol. The third-order valence-corrected chi connectivity index (χ3v) is 3.66. The number of rotatable bonds is 7. The maximum atomic E-state index is 11.8. The minimum atomic E-state index is 0.138. The molecule has 3 nitrogen and oxygen atoms in total. The van der Waals surface area contributed by atoms with E-state index in [-0.39, 0.29) is 5.78 Å². The summed E-state index contributed by atoms with van der Waals surface area (Å²) in [5.41, 5.74) is 0.700. The van der Waals surface area contributed by atoms with E-state index in [1.165, 1.54) is 25.7 Å². The topological polar surface area (TPSA) is 38.3 Å². The molecule has 1 aliphatic carbocycles. The molecular weight excluding hydrogens is 238 g/mol. The molecule has 1 aromatic carbocycles. The van der Waals surface area contributed by atoms with Crippen LogP contribution in [0.15, 0.2) is 24.3 Å². The molecule has 2 rings (SSSR count). The summed E-state index contributed by atoms with van der Waals surface area (Å²) in [6.45, 7) is 3.34. The highest BCUT2D eigenvalue weighted by Crippen LogP contribution is 2.20. The lowest BCUT2D eigenvalue weighted by atomic mass is 10.1. The number of nitrogens with one attached hydrogen (secondary N) is 1. The Morgan fingerprint density at radius 1 is 1.32 bits per heavy atom. The van der Waals surface area contributed by atoms with Crippen LogP contribution < -0.4 is 10.1 Å². The van der Waals surface area contributed by atoms with E-state index in [1.54, 1.807) is 0 Å². The number of carbonyl (C=O) groups is 1. The van der Waals surface area contributed by atoms with E-state index < -0.39 is 0 Å². The van der Waals surface area contributed by atoms with Gasteiger partial charge in [0.1, 0.15) is 12.4 Å². The quantitative estimate of drug-likeness (QED) is 0.605. The Hall–Kier alpha value is -1.35. The molecule has 0 aliphatic heterocycles. The first kappa shape index (κ1) is 14.1. The summed E-state index contributed by atoms with van der Waals surface area (Å²) in [5.74, 6) is 0.849. The van der Waals surface area contributed by atoms with Crippen LogP contribution in [0.5, 0.6) is 5.75 Å². The van der Waals surface area contributed by atoms with Crippen molar-refractivity contribution in [3.63, 3.8) is 0 Å². The van der Waals surface area contributed by atoms with Gasteiger partial charge in [0.15, 0.2) is 5.78 Å². The van der Waals surface area contributed by atoms with Gasteiger partial charge in [0, 0.05) is 19.0 Å². The Morgan fingerprint density at radius 3 is 2.79 bits per heavy atom. The molecule has 0 radical (unpaired) electrons. The maximum Gasteiger partial charge on any atom is 0.166 e. The molecule has 1 aromatic rings. The summed E-state index contributed by atoms with van der Waals surface area (Å²) in [6, 6.07) is 8.17. The summed E-state index contributed by atoms with van der Waals surface area (Å²) in [4.78, 5) is 11.8. The van der Waals surface area contributed by atoms with Gasteiger partial charge in [-0.1, -0.05) is 31.9 Å². The van der Waals surface area contributed by atoms with Crippen LogP contribution in [0, 0.1) is 0 Å². The van der Waals surface area contributed by atoms with Crippen molar-refractivity contribution in [2.45, 2.75) is 45.1 Å². The largest absolute Gasteiger partial charge is 0.492 e. The second-order valence-corrected chi connectivity index (χ2v) is 5.06. The van der Waals surface area contributed by atoms with Crippen LogP contribution in [0.1, 0.15) is 49.4 Å². The Bertz CT molecular complexity index is 411. The number of ketones is 1. The molecule has 19 heavy (non-hydrogen) atoms. The highest BCUT2D eigenvalue weighted by molar-refractivity contribution is 5.98. The molecule has 0 bridgehead atoms. The number of benzene rings is 1. The van der Waals surface area contributed by atoms with Crippen LogP contribution in [-0.4, -0.2) is 25.0 Å². The van der Waals surface area contributed by atoms with Crippen molar-refractivity contribution in [1.82, 2.24) is 5.32 Å². The number of hydrogen-bond donors (Lipinski definition) is 1.